The lowest BCUT2D eigenvalue weighted by Gasteiger charge is -2.33. The Morgan fingerprint density at radius 2 is 1.85 bits per heavy atom. The molecule has 2 aliphatic carbocycles. The Hall–Kier alpha value is -3.83. The number of nitrogens with zero attached hydrogens (tertiary/aromatic N) is 5. The van der Waals surface area contributed by atoms with E-state index in [1.807, 2.05) is 0 Å². The molecule has 0 bridgehead atoms. The predicted molar refractivity (Wildman–Crippen MR) is 125 cm³/mol. The van der Waals surface area contributed by atoms with E-state index in [2.05, 4.69) is 25.9 Å². The predicted octanol–water partition coefficient (Wildman–Crippen LogP) is 3.98. The number of hydrogen-bond acceptors (Lipinski definition) is 7. The van der Waals surface area contributed by atoms with Gasteiger partial charge in [-0.15, -0.1) is 0 Å². The Balaban J connectivity index is 1.59. The van der Waals surface area contributed by atoms with E-state index in [4.69, 9.17) is 10.5 Å². The van der Waals surface area contributed by atoms with Crippen molar-refractivity contribution < 1.29 is 36.7 Å². The van der Waals surface area contributed by atoms with E-state index in [1.165, 1.54) is 23.0 Å². The first-order chi connectivity index (χ1) is 18.4. The Labute approximate surface area is 219 Å². The first-order valence-corrected chi connectivity index (χ1v) is 12.4. The monoisotopic (exact) mass is 555 g/mol. The number of rotatable bonds is 9. The number of amides is 2. The standard InChI is InChI=1S/C24H26F5N7O3/c25-23(26)6-3-14(4-7-23)21(34-22(38)16(10-30)35-39)17-12-36-18(32-17)9-15(11-31-36)20(13-1-2-13)33-19(37)5-8-24(27,28)29/h9,11-14,20-21,39H,1-8H2,(H,33,37)(H,34,38)/b35-16+. The summed E-state index contributed by atoms with van der Waals surface area (Å²) < 4.78 is 66.6. The van der Waals surface area contributed by atoms with Gasteiger partial charge in [-0.1, -0.05) is 5.16 Å². The Morgan fingerprint density at radius 3 is 2.44 bits per heavy atom. The van der Waals surface area contributed by atoms with Gasteiger partial charge in [0.1, 0.15) is 6.07 Å². The van der Waals surface area contributed by atoms with Crippen molar-refractivity contribution in [2.24, 2.45) is 17.0 Å². The highest BCUT2D eigenvalue weighted by molar-refractivity contribution is 6.45. The van der Waals surface area contributed by atoms with Gasteiger partial charge < -0.3 is 15.8 Å². The van der Waals surface area contributed by atoms with Crippen molar-refractivity contribution in [3.05, 3.63) is 29.7 Å². The van der Waals surface area contributed by atoms with Gasteiger partial charge in [0.15, 0.2) is 5.65 Å². The van der Waals surface area contributed by atoms with E-state index in [0.717, 1.165) is 12.8 Å². The number of halogens is 5. The van der Waals surface area contributed by atoms with Crippen LogP contribution in [0.25, 0.3) is 5.65 Å². The van der Waals surface area contributed by atoms with Gasteiger partial charge in [0, 0.05) is 19.3 Å². The highest BCUT2D eigenvalue weighted by Crippen LogP contribution is 2.42. The highest BCUT2D eigenvalue weighted by atomic mass is 19.4. The quantitative estimate of drug-likeness (QED) is 0.185. The number of carbonyl (C=O) groups excluding carboxylic acids is 2. The SMILES string of the molecule is N#C/C(=N\O)C(=O)NC(c1cn2ncc(C(NC(=O)CCC(F)(F)F)C3CC3)cc2n1)C1CCC(F)(F)CC1. The molecule has 10 nitrogen and oxygen atoms in total. The van der Waals surface area contributed by atoms with E-state index in [0.29, 0.717) is 11.2 Å². The van der Waals surface area contributed by atoms with Crippen molar-refractivity contribution in [2.45, 2.75) is 75.5 Å². The molecule has 0 radical (unpaired) electrons. The Morgan fingerprint density at radius 1 is 1.18 bits per heavy atom. The fourth-order valence-electron chi connectivity index (χ4n) is 4.79. The first-order valence-electron chi connectivity index (χ1n) is 12.4. The number of alkyl halides is 5. The van der Waals surface area contributed by atoms with Crippen molar-refractivity contribution in [2.75, 3.05) is 0 Å². The van der Waals surface area contributed by atoms with Crippen LogP contribution in [-0.4, -0.2) is 49.4 Å². The molecule has 0 aromatic carbocycles. The third-order valence-electron chi connectivity index (χ3n) is 7.02. The average molecular weight is 556 g/mol. The number of hydrogen-bond donors (Lipinski definition) is 3. The van der Waals surface area contributed by atoms with Crippen LogP contribution in [0.1, 0.15) is 74.7 Å². The maximum atomic E-state index is 13.8. The van der Waals surface area contributed by atoms with Gasteiger partial charge in [0.05, 0.1) is 36.6 Å². The van der Waals surface area contributed by atoms with Gasteiger partial charge in [-0.25, -0.2) is 18.3 Å². The molecule has 15 heteroatoms. The van der Waals surface area contributed by atoms with Crippen LogP contribution in [0.4, 0.5) is 22.0 Å². The summed E-state index contributed by atoms with van der Waals surface area (Å²) in [7, 11) is 0. The molecule has 0 saturated heterocycles. The molecule has 2 aromatic heterocycles. The van der Waals surface area contributed by atoms with Gasteiger partial charge in [-0.3, -0.25) is 9.59 Å². The number of oxime groups is 1. The molecule has 2 amide bonds. The largest absolute Gasteiger partial charge is 0.410 e. The number of nitriles is 1. The summed E-state index contributed by atoms with van der Waals surface area (Å²) in [4.78, 5) is 29.2. The summed E-state index contributed by atoms with van der Waals surface area (Å²) in [5, 5.41) is 30.1. The summed E-state index contributed by atoms with van der Waals surface area (Å²) in [5.41, 5.74) is 0.309. The van der Waals surface area contributed by atoms with Crippen LogP contribution in [-0.2, 0) is 9.59 Å². The molecule has 2 heterocycles. The van der Waals surface area contributed by atoms with Crippen molar-refractivity contribution in [1.82, 2.24) is 25.2 Å². The van der Waals surface area contributed by atoms with E-state index in [-0.39, 0.29) is 24.5 Å². The zero-order chi connectivity index (χ0) is 28.4. The molecule has 0 aliphatic heterocycles. The number of imidazole rings is 1. The molecular weight excluding hydrogens is 529 g/mol. The van der Waals surface area contributed by atoms with Crippen molar-refractivity contribution in [3.8, 4) is 6.07 Å². The maximum absolute atomic E-state index is 13.8. The van der Waals surface area contributed by atoms with Crippen LogP contribution < -0.4 is 10.6 Å². The normalized spacial score (nSPS) is 19.7. The number of aromatic nitrogens is 3. The van der Waals surface area contributed by atoms with Crippen LogP contribution in [0.3, 0.4) is 0 Å². The Bertz CT molecular complexity index is 1290. The second-order valence-electron chi connectivity index (χ2n) is 9.96. The third-order valence-corrected chi connectivity index (χ3v) is 7.02. The zero-order valence-corrected chi connectivity index (χ0v) is 20.6. The molecule has 3 N–H and O–H groups in total. The molecule has 2 fully saturated rings. The molecule has 2 aliphatic rings. The van der Waals surface area contributed by atoms with Gasteiger partial charge in [-0.05, 0) is 49.1 Å². The average Bonchev–Trinajstić information content (AvgIpc) is 3.63. The molecule has 4 rings (SSSR count). The maximum Gasteiger partial charge on any atom is 0.389 e. The van der Waals surface area contributed by atoms with E-state index < -0.39 is 73.3 Å². The number of nitrogens with one attached hydrogen (secondary N) is 2. The summed E-state index contributed by atoms with van der Waals surface area (Å²) in [6, 6.07) is 1.62. The van der Waals surface area contributed by atoms with E-state index in [9.17, 15) is 31.5 Å². The number of carbonyl (C=O) groups is 2. The minimum absolute atomic E-state index is 0.0386. The van der Waals surface area contributed by atoms with Crippen LogP contribution >= 0.6 is 0 Å². The topological polar surface area (TPSA) is 145 Å². The highest BCUT2D eigenvalue weighted by Gasteiger charge is 2.40. The molecule has 2 saturated carbocycles. The minimum Gasteiger partial charge on any atom is -0.410 e. The lowest BCUT2D eigenvalue weighted by molar-refractivity contribution is -0.144. The van der Waals surface area contributed by atoms with E-state index >= 15 is 0 Å². The molecule has 2 atom stereocenters. The molecule has 2 unspecified atom stereocenters. The first kappa shape index (κ1) is 28.2. The van der Waals surface area contributed by atoms with Gasteiger partial charge in [0.2, 0.25) is 17.5 Å². The van der Waals surface area contributed by atoms with Gasteiger partial charge in [0.25, 0.3) is 5.91 Å². The summed E-state index contributed by atoms with van der Waals surface area (Å²) in [6.45, 7) is 0. The second-order valence-corrected chi connectivity index (χ2v) is 9.96. The minimum atomic E-state index is -4.45. The van der Waals surface area contributed by atoms with Crippen LogP contribution in [0, 0.1) is 23.2 Å². The lowest BCUT2D eigenvalue weighted by Crippen LogP contribution is -2.40. The fraction of sp³-hybridized carbons (Fsp3) is 0.583. The summed E-state index contributed by atoms with van der Waals surface area (Å²) in [6.07, 6.45) is -2.51. The zero-order valence-electron chi connectivity index (χ0n) is 20.6. The van der Waals surface area contributed by atoms with Crippen LogP contribution in [0.5, 0.6) is 0 Å². The molecule has 2 aromatic rings. The number of fused-ring (bicyclic) bond motifs is 1. The van der Waals surface area contributed by atoms with Crippen LogP contribution in [0.2, 0.25) is 0 Å². The van der Waals surface area contributed by atoms with Crippen molar-refractivity contribution in [3.63, 3.8) is 0 Å². The smallest absolute Gasteiger partial charge is 0.389 e. The molecule has 0 spiro atoms. The second kappa shape index (κ2) is 11.1. The molecule has 210 valence electrons. The van der Waals surface area contributed by atoms with Crippen molar-refractivity contribution >= 4 is 23.2 Å². The summed E-state index contributed by atoms with van der Waals surface area (Å²) in [5.74, 6) is -4.97. The van der Waals surface area contributed by atoms with Gasteiger partial charge >= 0.3 is 6.18 Å². The van der Waals surface area contributed by atoms with E-state index in [1.54, 1.807) is 6.07 Å². The third kappa shape index (κ3) is 7.18. The van der Waals surface area contributed by atoms with Crippen LogP contribution in [0.15, 0.2) is 23.6 Å². The lowest BCUT2D eigenvalue weighted by atomic mass is 9.81. The fourth-order valence-corrected chi connectivity index (χ4v) is 4.79. The molecular formula is C24H26F5N7O3. The Kier molecular flexibility index (Phi) is 8.03. The molecule has 39 heavy (non-hydrogen) atoms. The van der Waals surface area contributed by atoms with Gasteiger partial charge in [-0.2, -0.15) is 23.5 Å². The summed E-state index contributed by atoms with van der Waals surface area (Å²) >= 11 is 0. The van der Waals surface area contributed by atoms with Crippen molar-refractivity contribution in [1.29, 1.82) is 5.26 Å².